The Morgan fingerprint density at radius 1 is 0.978 bits per heavy atom. The number of hydrogen-bond acceptors (Lipinski definition) is 3. The van der Waals surface area contributed by atoms with Gasteiger partial charge in [-0.05, 0) is 168 Å². The SMILES string of the molecule is C#C[C@]1(O)CC[C@H]2[C@@H]3CCC4=CCCC[C@@H]4[C@H]3C(=C)C[C@@]21CC.CC(=O)[C@H]1CC[C@H]2[C@@H]3CCC4=CC(=O)CC[C@]4(C)[C@H]3CC[C@]12C. The number of fused-ring (bicyclic) bond motifs is 10. The summed E-state index contributed by atoms with van der Waals surface area (Å²) in [6, 6.07) is 0. The van der Waals surface area contributed by atoms with Crippen molar-refractivity contribution >= 4 is 11.6 Å². The van der Waals surface area contributed by atoms with Gasteiger partial charge in [0.1, 0.15) is 11.4 Å². The molecule has 6 saturated carbocycles. The quantitative estimate of drug-likeness (QED) is 0.246. The molecule has 0 heterocycles. The number of rotatable bonds is 2. The molecule has 0 aliphatic heterocycles. The van der Waals surface area contributed by atoms with Gasteiger partial charge in [-0.15, -0.1) is 6.42 Å². The second-order valence-corrected chi connectivity index (χ2v) is 17.8. The lowest BCUT2D eigenvalue weighted by Gasteiger charge is -2.58. The first-order valence-corrected chi connectivity index (χ1v) is 19.2. The Kier molecular flexibility index (Phi) is 8.23. The fourth-order valence-corrected chi connectivity index (χ4v) is 14.3. The second kappa shape index (κ2) is 11.6. The van der Waals surface area contributed by atoms with Gasteiger partial charge in [-0.2, -0.15) is 0 Å². The Balaban J connectivity index is 0.000000147. The number of allylic oxidation sites excluding steroid dienone is 4. The van der Waals surface area contributed by atoms with E-state index in [0.717, 1.165) is 75.0 Å². The number of hydrogen-bond donors (Lipinski definition) is 1. The first-order chi connectivity index (χ1) is 21.9. The summed E-state index contributed by atoms with van der Waals surface area (Å²) < 4.78 is 0. The van der Waals surface area contributed by atoms with Crippen LogP contribution in [0.5, 0.6) is 0 Å². The van der Waals surface area contributed by atoms with Crippen molar-refractivity contribution in [1.29, 1.82) is 0 Å². The van der Waals surface area contributed by atoms with E-state index < -0.39 is 5.60 Å². The molecule has 8 rings (SSSR count). The molecule has 8 aliphatic rings. The van der Waals surface area contributed by atoms with Gasteiger partial charge in [0, 0.05) is 17.8 Å². The molecule has 3 nitrogen and oxygen atoms in total. The van der Waals surface area contributed by atoms with Crippen LogP contribution >= 0.6 is 0 Å². The molecule has 6 fully saturated rings. The minimum atomic E-state index is -0.914. The van der Waals surface area contributed by atoms with Crippen LogP contribution in [0.2, 0.25) is 0 Å². The average molecular weight is 625 g/mol. The van der Waals surface area contributed by atoms with Crippen molar-refractivity contribution < 1.29 is 14.7 Å². The van der Waals surface area contributed by atoms with Crippen LogP contribution in [0.3, 0.4) is 0 Å². The monoisotopic (exact) mass is 624 g/mol. The molecule has 46 heavy (non-hydrogen) atoms. The summed E-state index contributed by atoms with van der Waals surface area (Å²) in [4.78, 5) is 24.0. The molecule has 0 radical (unpaired) electrons. The van der Waals surface area contributed by atoms with Gasteiger partial charge in [0.05, 0.1) is 0 Å². The van der Waals surface area contributed by atoms with E-state index in [2.05, 4.69) is 39.3 Å². The summed E-state index contributed by atoms with van der Waals surface area (Å²) >= 11 is 0. The predicted molar refractivity (Wildman–Crippen MR) is 186 cm³/mol. The van der Waals surface area contributed by atoms with Gasteiger partial charge >= 0.3 is 0 Å². The molecule has 0 aromatic carbocycles. The van der Waals surface area contributed by atoms with E-state index >= 15 is 0 Å². The Labute approximate surface area is 279 Å². The summed E-state index contributed by atoms with van der Waals surface area (Å²) in [6.07, 6.45) is 29.6. The lowest BCUT2D eigenvalue weighted by molar-refractivity contribution is -0.128. The first kappa shape index (κ1) is 32.6. The molecule has 3 heteroatoms. The summed E-state index contributed by atoms with van der Waals surface area (Å²) in [5.41, 5.74) is 4.02. The lowest BCUT2D eigenvalue weighted by atomic mass is 9.47. The number of aliphatic hydroxyl groups is 1. The highest BCUT2D eigenvalue weighted by atomic mass is 16.3. The highest BCUT2D eigenvalue weighted by Gasteiger charge is 2.64. The van der Waals surface area contributed by atoms with E-state index in [-0.39, 0.29) is 16.2 Å². The molecular formula is C43H60O3. The van der Waals surface area contributed by atoms with E-state index in [9.17, 15) is 14.7 Å². The maximum atomic E-state index is 12.1. The zero-order chi connectivity index (χ0) is 32.6. The zero-order valence-corrected chi connectivity index (χ0v) is 29.3. The van der Waals surface area contributed by atoms with Crippen LogP contribution in [0.4, 0.5) is 0 Å². The zero-order valence-electron chi connectivity index (χ0n) is 29.3. The average Bonchev–Trinajstić information content (AvgIpc) is 3.56. The maximum Gasteiger partial charge on any atom is 0.155 e. The van der Waals surface area contributed by atoms with Gasteiger partial charge in [0.2, 0.25) is 0 Å². The molecular weight excluding hydrogens is 564 g/mol. The predicted octanol–water partition coefficient (Wildman–Crippen LogP) is 9.59. The van der Waals surface area contributed by atoms with Crippen molar-refractivity contribution in [2.45, 2.75) is 142 Å². The van der Waals surface area contributed by atoms with Crippen molar-refractivity contribution in [1.82, 2.24) is 0 Å². The highest BCUT2D eigenvalue weighted by Crippen LogP contribution is 2.68. The van der Waals surface area contributed by atoms with Crippen LogP contribution in [0.1, 0.15) is 137 Å². The van der Waals surface area contributed by atoms with Crippen molar-refractivity contribution in [2.24, 2.45) is 63.6 Å². The van der Waals surface area contributed by atoms with Crippen molar-refractivity contribution in [2.75, 3.05) is 0 Å². The minimum absolute atomic E-state index is 0.115. The van der Waals surface area contributed by atoms with E-state index in [4.69, 9.17) is 6.42 Å². The Morgan fingerprint density at radius 3 is 2.48 bits per heavy atom. The summed E-state index contributed by atoms with van der Waals surface area (Å²) in [5, 5.41) is 11.2. The van der Waals surface area contributed by atoms with Gasteiger partial charge in [-0.3, -0.25) is 9.59 Å². The summed E-state index contributed by atoms with van der Waals surface area (Å²) in [5.74, 6) is 8.77. The van der Waals surface area contributed by atoms with Gasteiger partial charge in [-0.1, -0.05) is 56.1 Å². The molecule has 8 aliphatic carbocycles. The number of Topliss-reactive ketones (excluding diaryl/α,β-unsaturated/α-hetero) is 1. The van der Waals surface area contributed by atoms with Crippen LogP contribution in [0, 0.1) is 75.9 Å². The highest BCUT2D eigenvalue weighted by molar-refractivity contribution is 5.91. The van der Waals surface area contributed by atoms with E-state index in [1.807, 2.05) is 6.08 Å². The van der Waals surface area contributed by atoms with Crippen molar-refractivity contribution in [3.05, 3.63) is 35.5 Å². The maximum absolute atomic E-state index is 12.1. The van der Waals surface area contributed by atoms with Gasteiger partial charge in [-0.25, -0.2) is 0 Å². The lowest BCUT2D eigenvalue weighted by Crippen LogP contribution is -2.54. The second-order valence-electron chi connectivity index (χ2n) is 17.8. The third-order valence-electron chi connectivity index (χ3n) is 16.5. The molecule has 0 amide bonds. The molecule has 12 atom stereocenters. The van der Waals surface area contributed by atoms with E-state index in [0.29, 0.717) is 35.2 Å². The van der Waals surface area contributed by atoms with Gasteiger partial charge in [0.15, 0.2) is 5.78 Å². The number of carbonyl (C=O) groups excluding carboxylic acids is 2. The molecule has 0 bridgehead atoms. The molecule has 1 N–H and O–H groups in total. The Morgan fingerprint density at radius 2 is 1.74 bits per heavy atom. The normalized spacial score (nSPS) is 48.9. The van der Waals surface area contributed by atoms with E-state index in [1.165, 1.54) is 68.9 Å². The minimum Gasteiger partial charge on any atom is -0.377 e. The third kappa shape index (κ3) is 4.61. The Hall–Kier alpha value is -1.92. The van der Waals surface area contributed by atoms with Crippen LogP contribution in [-0.4, -0.2) is 22.3 Å². The first-order valence-electron chi connectivity index (χ1n) is 19.2. The van der Waals surface area contributed by atoms with E-state index in [1.54, 1.807) is 12.5 Å². The standard InChI is InChI=1S/C22H30O.C21H30O2/c1-4-21-14-15(3)20-17-9-7-6-8-16(17)10-11-18(20)19(21)12-13-22(21,23)5-2;1-13(22)17-6-7-18-16-5-4-14-12-15(23)8-10-20(14,2)19(16)9-11-21(17,18)3/h2,8,17-20,23H,3-4,6-7,9-14H2,1H3;12,16-19H,4-11H2,1-3H3/t17-,18-,19-,20+,21-,22-;16-,17+,18-,19-,20-,21+/m00/s1. The third-order valence-corrected chi connectivity index (χ3v) is 16.5. The van der Waals surface area contributed by atoms with Crippen LogP contribution in [0.15, 0.2) is 35.5 Å². The number of terminal acetylenes is 1. The van der Waals surface area contributed by atoms with Gasteiger partial charge in [0.25, 0.3) is 0 Å². The molecule has 0 unspecified atom stereocenters. The summed E-state index contributed by atoms with van der Waals surface area (Å²) in [7, 11) is 0. The molecule has 0 saturated heterocycles. The largest absolute Gasteiger partial charge is 0.377 e. The van der Waals surface area contributed by atoms with Crippen LogP contribution < -0.4 is 0 Å². The van der Waals surface area contributed by atoms with Gasteiger partial charge < -0.3 is 5.11 Å². The smallest absolute Gasteiger partial charge is 0.155 e. The Bertz CT molecular complexity index is 1390. The number of carbonyl (C=O) groups is 2. The van der Waals surface area contributed by atoms with Crippen LogP contribution in [0.25, 0.3) is 0 Å². The number of ketones is 2. The topological polar surface area (TPSA) is 54.4 Å². The molecule has 0 aromatic heterocycles. The molecule has 250 valence electrons. The fraction of sp³-hybridized carbons (Fsp3) is 0.767. The fourth-order valence-electron chi connectivity index (χ4n) is 14.3. The molecule has 0 spiro atoms. The summed E-state index contributed by atoms with van der Waals surface area (Å²) in [6.45, 7) is 13.4. The molecule has 0 aromatic rings. The van der Waals surface area contributed by atoms with Crippen molar-refractivity contribution in [3.8, 4) is 12.3 Å². The van der Waals surface area contributed by atoms with Crippen LogP contribution in [-0.2, 0) is 9.59 Å². The van der Waals surface area contributed by atoms with Crippen molar-refractivity contribution in [3.63, 3.8) is 0 Å².